The van der Waals surface area contributed by atoms with E-state index in [9.17, 15) is 9.59 Å². The molecule has 0 saturated heterocycles. The summed E-state index contributed by atoms with van der Waals surface area (Å²) < 4.78 is 22.4. The number of nitrogens with one attached hydrogen (secondary N) is 1. The van der Waals surface area contributed by atoms with Crippen molar-refractivity contribution < 1.29 is 33.3 Å². The smallest absolute Gasteiger partial charge is 0.371 e. The van der Waals surface area contributed by atoms with Crippen LogP contribution in [-0.4, -0.2) is 36.9 Å². The third kappa shape index (κ3) is 6.61. The zero-order chi connectivity index (χ0) is 22.9. The normalized spacial score (nSPS) is 10.7. The number of hydrogen-bond donors (Lipinski definition) is 2. The summed E-state index contributed by atoms with van der Waals surface area (Å²) in [6.45, 7) is -0.142. The number of methoxy groups -OCH3 is 1. The fraction of sp³-hybridized carbons (Fsp3) is 0.136. The van der Waals surface area contributed by atoms with Crippen molar-refractivity contribution in [2.75, 3.05) is 13.7 Å². The average molecular weight is 503 g/mol. The number of carbonyl (C=O) groups excluding carboxylic acids is 1. The van der Waals surface area contributed by atoms with Gasteiger partial charge < -0.3 is 23.7 Å². The Labute approximate surface area is 191 Å². The van der Waals surface area contributed by atoms with Crippen LogP contribution < -0.4 is 19.6 Å². The SMILES string of the molecule is COc1cc(/C=N\NC(=O)COc2ccc(Br)cc2)ccc1OCc1ccc(C(=O)O)o1. The Morgan fingerprint density at radius 1 is 1.09 bits per heavy atom. The summed E-state index contributed by atoms with van der Waals surface area (Å²) in [5, 5.41) is 12.8. The molecule has 3 aromatic rings. The van der Waals surface area contributed by atoms with Gasteiger partial charge in [0.05, 0.1) is 13.3 Å². The molecule has 0 aliphatic carbocycles. The number of halogens is 1. The molecule has 2 aromatic carbocycles. The quantitative estimate of drug-likeness (QED) is 0.319. The van der Waals surface area contributed by atoms with Crippen molar-refractivity contribution in [3.05, 3.63) is 76.2 Å². The molecule has 32 heavy (non-hydrogen) atoms. The molecule has 2 N–H and O–H groups in total. The lowest BCUT2D eigenvalue weighted by Crippen LogP contribution is -2.24. The Morgan fingerprint density at radius 2 is 1.88 bits per heavy atom. The van der Waals surface area contributed by atoms with Crippen LogP contribution in [0.3, 0.4) is 0 Å². The minimum absolute atomic E-state index is 0.0332. The molecular weight excluding hydrogens is 484 g/mol. The van der Waals surface area contributed by atoms with Gasteiger partial charge in [-0.25, -0.2) is 10.2 Å². The largest absolute Gasteiger partial charge is 0.493 e. The van der Waals surface area contributed by atoms with E-state index in [1.807, 2.05) is 12.1 Å². The molecular formula is C22H19BrN2O7. The number of aromatic carboxylic acids is 1. The monoisotopic (exact) mass is 502 g/mol. The fourth-order valence-corrected chi connectivity index (χ4v) is 2.76. The molecule has 0 unspecified atom stereocenters. The minimum Gasteiger partial charge on any atom is -0.493 e. The molecule has 0 aliphatic rings. The molecule has 3 rings (SSSR count). The first kappa shape index (κ1) is 22.9. The minimum atomic E-state index is -1.15. The van der Waals surface area contributed by atoms with Crippen molar-refractivity contribution >= 4 is 34.0 Å². The van der Waals surface area contributed by atoms with Gasteiger partial charge in [-0.3, -0.25) is 4.79 Å². The van der Waals surface area contributed by atoms with Crippen molar-refractivity contribution in [2.45, 2.75) is 6.61 Å². The van der Waals surface area contributed by atoms with Gasteiger partial charge in [0.25, 0.3) is 5.91 Å². The van der Waals surface area contributed by atoms with Crippen molar-refractivity contribution in [3.8, 4) is 17.2 Å². The Morgan fingerprint density at radius 3 is 2.56 bits per heavy atom. The number of hydrazone groups is 1. The number of nitrogens with zero attached hydrogens (tertiary/aromatic N) is 1. The third-order valence-corrected chi connectivity index (χ3v) is 4.55. The fourth-order valence-electron chi connectivity index (χ4n) is 2.49. The first-order valence-electron chi connectivity index (χ1n) is 9.27. The van der Waals surface area contributed by atoms with Gasteiger partial charge in [-0.15, -0.1) is 0 Å². The second-order valence-electron chi connectivity index (χ2n) is 6.31. The standard InChI is InChI=1S/C22H19BrN2O7/c1-29-20-10-14(2-8-18(20)31-12-17-7-9-19(32-17)22(27)28)11-24-25-21(26)13-30-16-5-3-15(23)4-6-16/h2-11H,12-13H2,1H3,(H,25,26)(H,27,28)/b24-11-. The van der Waals surface area contributed by atoms with E-state index < -0.39 is 11.9 Å². The van der Waals surface area contributed by atoms with Gasteiger partial charge in [0.2, 0.25) is 5.76 Å². The number of furan rings is 1. The lowest BCUT2D eigenvalue weighted by Gasteiger charge is -2.10. The van der Waals surface area contributed by atoms with Crippen LogP contribution in [0.5, 0.6) is 17.2 Å². The number of rotatable bonds is 10. The van der Waals surface area contributed by atoms with E-state index in [2.05, 4.69) is 26.5 Å². The summed E-state index contributed by atoms with van der Waals surface area (Å²) in [5.74, 6) is 0.0874. The highest BCUT2D eigenvalue weighted by molar-refractivity contribution is 9.10. The van der Waals surface area contributed by atoms with E-state index in [0.717, 1.165) is 4.47 Å². The molecule has 0 spiro atoms. The summed E-state index contributed by atoms with van der Waals surface area (Å²) in [5.41, 5.74) is 3.05. The van der Waals surface area contributed by atoms with Gasteiger partial charge >= 0.3 is 5.97 Å². The Hall–Kier alpha value is -3.79. The molecule has 166 valence electrons. The molecule has 0 bridgehead atoms. The molecule has 0 aliphatic heterocycles. The first-order valence-corrected chi connectivity index (χ1v) is 10.1. The molecule has 1 aromatic heterocycles. The molecule has 1 heterocycles. The third-order valence-electron chi connectivity index (χ3n) is 4.02. The maximum absolute atomic E-state index is 11.9. The van der Waals surface area contributed by atoms with Gasteiger partial charge in [0, 0.05) is 4.47 Å². The van der Waals surface area contributed by atoms with Crippen LogP contribution in [0.4, 0.5) is 0 Å². The second kappa shape index (κ2) is 11.0. The van der Waals surface area contributed by atoms with Gasteiger partial charge in [-0.2, -0.15) is 5.10 Å². The zero-order valence-corrected chi connectivity index (χ0v) is 18.5. The van der Waals surface area contributed by atoms with Crippen LogP contribution in [-0.2, 0) is 11.4 Å². The molecule has 0 fully saturated rings. The van der Waals surface area contributed by atoms with Crippen LogP contribution in [0.15, 0.2) is 68.6 Å². The van der Waals surface area contributed by atoms with Gasteiger partial charge in [-0.05, 0) is 60.2 Å². The van der Waals surface area contributed by atoms with Crippen molar-refractivity contribution in [3.63, 3.8) is 0 Å². The van der Waals surface area contributed by atoms with E-state index in [0.29, 0.717) is 28.6 Å². The number of carbonyl (C=O) groups is 2. The Balaban J connectivity index is 1.51. The molecule has 0 saturated carbocycles. The summed E-state index contributed by atoms with van der Waals surface area (Å²) in [6, 6.07) is 15.1. The first-order chi connectivity index (χ1) is 15.4. The molecule has 9 nitrogen and oxygen atoms in total. The molecule has 10 heteroatoms. The van der Waals surface area contributed by atoms with E-state index >= 15 is 0 Å². The number of ether oxygens (including phenoxy) is 3. The predicted molar refractivity (Wildman–Crippen MR) is 118 cm³/mol. The van der Waals surface area contributed by atoms with E-state index in [4.69, 9.17) is 23.7 Å². The molecule has 0 atom stereocenters. The summed E-state index contributed by atoms with van der Waals surface area (Å²) in [7, 11) is 1.49. The topological polar surface area (TPSA) is 120 Å². The van der Waals surface area contributed by atoms with Crippen LogP contribution in [0.1, 0.15) is 21.9 Å². The Kier molecular flexibility index (Phi) is 7.87. The Bertz CT molecular complexity index is 1110. The van der Waals surface area contributed by atoms with Crippen molar-refractivity contribution in [1.82, 2.24) is 5.43 Å². The number of amides is 1. The van der Waals surface area contributed by atoms with E-state index in [1.165, 1.54) is 25.5 Å². The van der Waals surface area contributed by atoms with Crippen molar-refractivity contribution in [1.29, 1.82) is 0 Å². The molecule has 0 radical (unpaired) electrons. The van der Waals surface area contributed by atoms with Crippen molar-refractivity contribution in [2.24, 2.45) is 5.10 Å². The second-order valence-corrected chi connectivity index (χ2v) is 7.22. The highest BCUT2D eigenvalue weighted by Crippen LogP contribution is 2.28. The predicted octanol–water partition coefficient (Wildman–Crippen LogP) is 3.86. The number of benzene rings is 2. The zero-order valence-electron chi connectivity index (χ0n) is 16.9. The van der Waals surface area contributed by atoms with Gasteiger partial charge in [-0.1, -0.05) is 15.9 Å². The van der Waals surface area contributed by atoms with Crippen LogP contribution >= 0.6 is 15.9 Å². The average Bonchev–Trinajstić information content (AvgIpc) is 3.27. The highest BCUT2D eigenvalue weighted by Gasteiger charge is 2.11. The van der Waals surface area contributed by atoms with Crippen LogP contribution in [0, 0.1) is 0 Å². The number of hydrogen-bond acceptors (Lipinski definition) is 7. The summed E-state index contributed by atoms with van der Waals surface area (Å²) in [4.78, 5) is 22.7. The lowest BCUT2D eigenvalue weighted by atomic mass is 10.2. The highest BCUT2D eigenvalue weighted by atomic mass is 79.9. The van der Waals surface area contributed by atoms with E-state index in [-0.39, 0.29) is 19.0 Å². The van der Waals surface area contributed by atoms with Gasteiger partial charge in [0.15, 0.2) is 18.1 Å². The van der Waals surface area contributed by atoms with E-state index in [1.54, 1.807) is 30.3 Å². The van der Waals surface area contributed by atoms with Gasteiger partial charge in [0.1, 0.15) is 18.1 Å². The van der Waals surface area contributed by atoms with Crippen LogP contribution in [0.25, 0.3) is 0 Å². The maximum atomic E-state index is 11.9. The number of carboxylic acid groups (broad SMARTS) is 1. The van der Waals surface area contributed by atoms with Crippen LogP contribution in [0.2, 0.25) is 0 Å². The summed E-state index contributed by atoms with van der Waals surface area (Å²) >= 11 is 3.33. The molecule has 1 amide bonds. The maximum Gasteiger partial charge on any atom is 0.371 e. The summed E-state index contributed by atoms with van der Waals surface area (Å²) in [6.07, 6.45) is 1.45. The lowest BCUT2D eigenvalue weighted by molar-refractivity contribution is -0.123. The number of carboxylic acids is 1.